The van der Waals surface area contributed by atoms with Crippen molar-refractivity contribution < 1.29 is 9.53 Å². The summed E-state index contributed by atoms with van der Waals surface area (Å²) in [4.78, 5) is 19.6. The van der Waals surface area contributed by atoms with E-state index < -0.39 is 0 Å². The molecule has 1 unspecified atom stereocenters. The Morgan fingerprint density at radius 3 is 2.81 bits per heavy atom. The van der Waals surface area contributed by atoms with Crippen molar-refractivity contribution in [2.24, 2.45) is 0 Å². The number of anilines is 1. The molecule has 26 heavy (non-hydrogen) atoms. The van der Waals surface area contributed by atoms with Gasteiger partial charge in [-0.15, -0.1) is 0 Å². The Balaban J connectivity index is 1.74. The lowest BCUT2D eigenvalue weighted by molar-refractivity contribution is 0.0940. The lowest BCUT2D eigenvalue weighted by Crippen LogP contribution is -2.34. The van der Waals surface area contributed by atoms with E-state index in [2.05, 4.69) is 15.2 Å². The summed E-state index contributed by atoms with van der Waals surface area (Å²) in [6, 6.07) is 11.4. The van der Waals surface area contributed by atoms with Gasteiger partial charge in [-0.3, -0.25) is 4.79 Å². The Morgan fingerprint density at radius 2 is 2.04 bits per heavy atom. The van der Waals surface area contributed by atoms with E-state index in [0.717, 1.165) is 43.1 Å². The Hall–Kier alpha value is -2.56. The van der Waals surface area contributed by atoms with Crippen molar-refractivity contribution >= 4 is 11.7 Å². The van der Waals surface area contributed by atoms with Crippen LogP contribution in [0.4, 0.5) is 5.82 Å². The van der Waals surface area contributed by atoms with Crippen molar-refractivity contribution in [1.82, 2.24) is 10.3 Å². The Labute approximate surface area is 155 Å². The van der Waals surface area contributed by atoms with Gasteiger partial charge in [0.05, 0.1) is 18.2 Å². The Bertz CT molecular complexity index is 742. The smallest absolute Gasteiger partial charge is 0.255 e. The number of nitrogens with zero attached hydrogens (tertiary/aromatic N) is 2. The van der Waals surface area contributed by atoms with E-state index in [9.17, 15) is 4.79 Å². The standard InChI is InChI=1S/C21H27N3O2/c1-3-26-18-10-7-9-17(15-18)16(2)23-21(25)19-11-8-12-22-20(19)24-13-5-4-6-14-24/h7-12,15-16H,3-6,13-14H2,1-2H3,(H,23,25). The van der Waals surface area contributed by atoms with Crippen LogP contribution < -0.4 is 15.0 Å². The second kappa shape index (κ2) is 8.70. The first kappa shape index (κ1) is 18.2. The molecule has 1 aliphatic rings. The number of ether oxygens (including phenoxy) is 1. The van der Waals surface area contributed by atoms with Crippen molar-refractivity contribution in [3.05, 3.63) is 53.7 Å². The quantitative estimate of drug-likeness (QED) is 0.854. The van der Waals surface area contributed by atoms with Crippen molar-refractivity contribution in [2.75, 3.05) is 24.6 Å². The summed E-state index contributed by atoms with van der Waals surface area (Å²) in [7, 11) is 0. The molecule has 5 nitrogen and oxygen atoms in total. The molecule has 0 spiro atoms. The SMILES string of the molecule is CCOc1cccc(C(C)NC(=O)c2cccnc2N2CCCCC2)c1. The van der Waals surface area contributed by atoms with Gasteiger partial charge in [-0.25, -0.2) is 4.98 Å². The first-order valence-corrected chi connectivity index (χ1v) is 9.42. The van der Waals surface area contributed by atoms with Gasteiger partial charge in [0, 0.05) is 19.3 Å². The van der Waals surface area contributed by atoms with Gasteiger partial charge in [0.15, 0.2) is 0 Å². The van der Waals surface area contributed by atoms with Crippen LogP contribution in [0.25, 0.3) is 0 Å². The number of aromatic nitrogens is 1. The molecule has 1 aromatic heterocycles. The molecule has 0 saturated carbocycles. The molecule has 1 aromatic carbocycles. The van der Waals surface area contributed by atoms with Crippen LogP contribution in [0.5, 0.6) is 5.75 Å². The highest BCUT2D eigenvalue weighted by Crippen LogP contribution is 2.23. The number of piperidine rings is 1. The minimum Gasteiger partial charge on any atom is -0.494 e. The van der Waals surface area contributed by atoms with Gasteiger partial charge in [-0.2, -0.15) is 0 Å². The molecule has 2 heterocycles. The molecule has 0 bridgehead atoms. The number of carbonyl (C=O) groups excluding carboxylic acids is 1. The van der Waals surface area contributed by atoms with Crippen LogP contribution in [0.3, 0.4) is 0 Å². The fourth-order valence-corrected chi connectivity index (χ4v) is 3.33. The summed E-state index contributed by atoms with van der Waals surface area (Å²) in [6.45, 7) is 6.49. The lowest BCUT2D eigenvalue weighted by atomic mass is 10.1. The van der Waals surface area contributed by atoms with Crippen molar-refractivity contribution in [3.8, 4) is 5.75 Å². The molecule has 1 N–H and O–H groups in total. The van der Waals surface area contributed by atoms with Gasteiger partial charge in [-0.05, 0) is 62.9 Å². The van der Waals surface area contributed by atoms with Crippen LogP contribution in [0.2, 0.25) is 0 Å². The van der Waals surface area contributed by atoms with E-state index in [0.29, 0.717) is 12.2 Å². The van der Waals surface area contributed by atoms with Gasteiger partial charge in [0.2, 0.25) is 0 Å². The molecule has 1 fully saturated rings. The highest BCUT2D eigenvalue weighted by molar-refractivity contribution is 5.99. The zero-order chi connectivity index (χ0) is 18.4. The first-order chi connectivity index (χ1) is 12.7. The van der Waals surface area contributed by atoms with Gasteiger partial charge in [0.25, 0.3) is 5.91 Å². The molecule has 0 aliphatic carbocycles. The molecular formula is C21H27N3O2. The maximum atomic E-state index is 12.9. The van der Waals surface area contributed by atoms with Gasteiger partial charge in [-0.1, -0.05) is 12.1 Å². The molecule has 3 rings (SSSR count). The molecule has 2 aromatic rings. The van der Waals surface area contributed by atoms with Gasteiger partial charge < -0.3 is 15.0 Å². The second-order valence-corrected chi connectivity index (χ2v) is 6.62. The lowest BCUT2D eigenvalue weighted by Gasteiger charge is -2.29. The minimum absolute atomic E-state index is 0.0898. The summed E-state index contributed by atoms with van der Waals surface area (Å²) < 4.78 is 5.56. The molecule has 1 amide bonds. The molecule has 1 aliphatic heterocycles. The predicted molar refractivity (Wildman–Crippen MR) is 104 cm³/mol. The number of hydrogen-bond donors (Lipinski definition) is 1. The predicted octanol–water partition coefficient (Wildman–Crippen LogP) is 3.96. The van der Waals surface area contributed by atoms with Crippen molar-refractivity contribution in [3.63, 3.8) is 0 Å². The summed E-state index contributed by atoms with van der Waals surface area (Å²) in [5, 5.41) is 3.10. The Morgan fingerprint density at radius 1 is 1.23 bits per heavy atom. The van der Waals surface area contributed by atoms with Crippen LogP contribution in [0.15, 0.2) is 42.6 Å². The highest BCUT2D eigenvalue weighted by atomic mass is 16.5. The van der Waals surface area contributed by atoms with Crippen molar-refractivity contribution in [1.29, 1.82) is 0 Å². The third kappa shape index (κ3) is 4.34. The molecule has 5 heteroatoms. The fraction of sp³-hybridized carbons (Fsp3) is 0.429. The van der Waals surface area contributed by atoms with Crippen LogP contribution in [0.1, 0.15) is 55.1 Å². The molecule has 138 valence electrons. The first-order valence-electron chi connectivity index (χ1n) is 9.42. The third-order valence-corrected chi connectivity index (χ3v) is 4.70. The van der Waals surface area contributed by atoms with E-state index in [1.807, 2.05) is 50.2 Å². The fourth-order valence-electron chi connectivity index (χ4n) is 3.33. The zero-order valence-corrected chi connectivity index (χ0v) is 15.6. The van der Waals surface area contributed by atoms with Gasteiger partial charge in [0.1, 0.15) is 11.6 Å². The summed E-state index contributed by atoms with van der Waals surface area (Å²) in [5.41, 5.74) is 1.66. The largest absolute Gasteiger partial charge is 0.494 e. The minimum atomic E-state index is -0.114. The number of carbonyl (C=O) groups is 1. The number of rotatable bonds is 6. The molecular weight excluding hydrogens is 326 g/mol. The van der Waals surface area contributed by atoms with E-state index in [-0.39, 0.29) is 11.9 Å². The average Bonchev–Trinajstić information content (AvgIpc) is 2.69. The number of nitrogens with one attached hydrogen (secondary N) is 1. The monoisotopic (exact) mass is 353 g/mol. The average molecular weight is 353 g/mol. The highest BCUT2D eigenvalue weighted by Gasteiger charge is 2.21. The molecule has 1 atom stereocenters. The van der Waals surface area contributed by atoms with E-state index in [1.54, 1.807) is 6.20 Å². The zero-order valence-electron chi connectivity index (χ0n) is 15.6. The Kier molecular flexibility index (Phi) is 6.10. The number of hydrogen-bond acceptors (Lipinski definition) is 4. The maximum Gasteiger partial charge on any atom is 0.255 e. The third-order valence-electron chi connectivity index (χ3n) is 4.70. The van der Waals surface area contributed by atoms with Crippen LogP contribution >= 0.6 is 0 Å². The van der Waals surface area contributed by atoms with Crippen LogP contribution in [-0.4, -0.2) is 30.6 Å². The van der Waals surface area contributed by atoms with Crippen molar-refractivity contribution in [2.45, 2.75) is 39.2 Å². The topological polar surface area (TPSA) is 54.5 Å². The van der Waals surface area contributed by atoms with Crippen LogP contribution in [0, 0.1) is 0 Å². The molecule has 0 radical (unpaired) electrons. The van der Waals surface area contributed by atoms with Gasteiger partial charge >= 0.3 is 0 Å². The van der Waals surface area contributed by atoms with E-state index in [1.165, 1.54) is 6.42 Å². The van der Waals surface area contributed by atoms with E-state index >= 15 is 0 Å². The summed E-state index contributed by atoms with van der Waals surface area (Å²) in [6.07, 6.45) is 5.31. The van der Waals surface area contributed by atoms with Crippen LogP contribution in [-0.2, 0) is 0 Å². The molecule has 1 saturated heterocycles. The number of pyridine rings is 1. The number of amides is 1. The second-order valence-electron chi connectivity index (χ2n) is 6.62. The summed E-state index contributed by atoms with van der Waals surface area (Å²) >= 11 is 0. The normalized spacial score (nSPS) is 15.4. The maximum absolute atomic E-state index is 12.9. The summed E-state index contributed by atoms with van der Waals surface area (Å²) in [5.74, 6) is 1.52. The van der Waals surface area contributed by atoms with E-state index in [4.69, 9.17) is 4.74 Å². The number of benzene rings is 1.